The fraction of sp³-hybridized carbons (Fsp3) is 0.222. The van der Waals surface area contributed by atoms with E-state index in [1.807, 2.05) is 0 Å². The summed E-state index contributed by atoms with van der Waals surface area (Å²) in [5.41, 5.74) is 5.47. The first-order chi connectivity index (χ1) is 6.93. The van der Waals surface area contributed by atoms with Crippen molar-refractivity contribution >= 4 is 21.9 Å². The maximum atomic E-state index is 12.8. The van der Waals surface area contributed by atoms with Gasteiger partial charge >= 0.3 is 5.97 Å². The Labute approximate surface area is 93.6 Å². The van der Waals surface area contributed by atoms with E-state index < -0.39 is 23.9 Å². The Morgan fingerprint density at radius 1 is 1.53 bits per heavy atom. The molecule has 1 aromatic carbocycles. The van der Waals surface area contributed by atoms with Crippen LogP contribution in [0.3, 0.4) is 0 Å². The molecule has 0 fully saturated rings. The maximum absolute atomic E-state index is 12.8. The molecular weight excluding hydrogens is 269 g/mol. The largest absolute Gasteiger partial charge is 0.480 e. The van der Waals surface area contributed by atoms with Gasteiger partial charge in [0.2, 0.25) is 0 Å². The van der Waals surface area contributed by atoms with Crippen molar-refractivity contribution in [1.82, 2.24) is 0 Å². The Morgan fingerprint density at radius 3 is 2.60 bits per heavy atom. The number of benzene rings is 1. The number of rotatable bonds is 3. The van der Waals surface area contributed by atoms with Crippen molar-refractivity contribution in [3.63, 3.8) is 0 Å². The van der Waals surface area contributed by atoms with E-state index in [-0.39, 0.29) is 10.0 Å². The average Bonchev–Trinajstić information content (AvgIpc) is 2.19. The summed E-state index contributed by atoms with van der Waals surface area (Å²) in [6, 6.07) is 2.27. The Balaban J connectivity index is 2.96. The third-order valence-corrected chi connectivity index (χ3v) is 2.52. The predicted molar refractivity (Wildman–Crippen MR) is 54.7 cm³/mol. The molecule has 0 spiro atoms. The van der Waals surface area contributed by atoms with Crippen molar-refractivity contribution in [2.45, 2.75) is 12.1 Å². The molecule has 1 aromatic rings. The summed E-state index contributed by atoms with van der Waals surface area (Å²) in [5.74, 6) is -1.81. The van der Waals surface area contributed by atoms with E-state index in [2.05, 4.69) is 15.9 Å². The van der Waals surface area contributed by atoms with Crippen molar-refractivity contribution in [2.24, 2.45) is 5.73 Å². The number of carboxylic acids is 1. The topological polar surface area (TPSA) is 83.6 Å². The zero-order chi connectivity index (χ0) is 11.6. The number of aliphatic hydroxyl groups excluding tert-OH is 1. The van der Waals surface area contributed by atoms with E-state index in [1.54, 1.807) is 0 Å². The number of hydrogen-bond acceptors (Lipinski definition) is 3. The summed E-state index contributed by atoms with van der Waals surface area (Å²) in [5, 5.41) is 18.1. The molecule has 0 bridgehead atoms. The van der Waals surface area contributed by atoms with Crippen LogP contribution in [0, 0.1) is 5.82 Å². The van der Waals surface area contributed by atoms with Gasteiger partial charge in [-0.25, -0.2) is 4.39 Å². The lowest BCUT2D eigenvalue weighted by atomic mass is 10.0. The van der Waals surface area contributed by atoms with Gasteiger partial charge in [0.15, 0.2) is 0 Å². The molecule has 15 heavy (non-hydrogen) atoms. The summed E-state index contributed by atoms with van der Waals surface area (Å²) in [7, 11) is 0. The number of aliphatic hydroxyl groups is 1. The van der Waals surface area contributed by atoms with Gasteiger partial charge in [-0.3, -0.25) is 4.79 Å². The van der Waals surface area contributed by atoms with Gasteiger partial charge in [-0.2, -0.15) is 0 Å². The van der Waals surface area contributed by atoms with Gasteiger partial charge in [0.1, 0.15) is 18.0 Å². The highest BCUT2D eigenvalue weighted by molar-refractivity contribution is 9.10. The lowest BCUT2D eigenvalue weighted by Crippen LogP contribution is -2.36. The van der Waals surface area contributed by atoms with E-state index in [0.717, 1.165) is 6.07 Å². The molecule has 0 amide bonds. The third kappa shape index (κ3) is 2.74. The predicted octanol–water partition coefficient (Wildman–Crippen LogP) is 1.03. The Hall–Kier alpha value is -0.980. The van der Waals surface area contributed by atoms with Crippen LogP contribution in [0.25, 0.3) is 0 Å². The molecule has 0 aromatic heterocycles. The highest BCUT2D eigenvalue weighted by Crippen LogP contribution is 2.22. The number of carbonyl (C=O) groups is 1. The highest BCUT2D eigenvalue weighted by atomic mass is 79.9. The Kier molecular flexibility index (Phi) is 3.78. The second-order valence-electron chi connectivity index (χ2n) is 2.98. The summed E-state index contributed by atoms with van der Waals surface area (Å²) >= 11 is 2.93. The summed E-state index contributed by atoms with van der Waals surface area (Å²) < 4.78 is 13.0. The van der Waals surface area contributed by atoms with Gasteiger partial charge in [0.25, 0.3) is 0 Å². The van der Waals surface area contributed by atoms with Crippen LogP contribution < -0.4 is 5.73 Å². The minimum absolute atomic E-state index is 0.150. The molecule has 1 rings (SSSR count). The van der Waals surface area contributed by atoms with E-state index >= 15 is 0 Å². The molecular formula is C9H9BrFNO3. The van der Waals surface area contributed by atoms with E-state index in [0.29, 0.717) is 0 Å². The molecule has 2 atom stereocenters. The lowest BCUT2D eigenvalue weighted by molar-refractivity contribution is -0.141. The summed E-state index contributed by atoms with van der Waals surface area (Å²) in [6.07, 6.45) is -1.36. The first-order valence-corrected chi connectivity index (χ1v) is 4.84. The van der Waals surface area contributed by atoms with Crippen LogP contribution in [-0.2, 0) is 4.79 Å². The first kappa shape index (κ1) is 12.1. The molecule has 0 aliphatic heterocycles. The van der Waals surface area contributed by atoms with Crippen LogP contribution in [0.15, 0.2) is 22.7 Å². The highest BCUT2D eigenvalue weighted by Gasteiger charge is 2.23. The molecule has 4 nitrogen and oxygen atoms in total. The SMILES string of the molecule is NC(C(=O)O)C(O)c1ccc(F)c(Br)c1. The van der Waals surface area contributed by atoms with Gasteiger partial charge in [0, 0.05) is 0 Å². The fourth-order valence-corrected chi connectivity index (χ4v) is 1.44. The van der Waals surface area contributed by atoms with Gasteiger partial charge in [-0.15, -0.1) is 0 Å². The second-order valence-corrected chi connectivity index (χ2v) is 3.84. The minimum Gasteiger partial charge on any atom is -0.480 e. The van der Waals surface area contributed by atoms with Crippen molar-refractivity contribution in [3.05, 3.63) is 34.1 Å². The van der Waals surface area contributed by atoms with Crippen molar-refractivity contribution in [3.8, 4) is 0 Å². The normalized spacial score (nSPS) is 14.7. The Bertz CT molecular complexity index is 386. The number of hydrogen-bond donors (Lipinski definition) is 3. The smallest absolute Gasteiger partial charge is 0.323 e. The molecule has 0 radical (unpaired) electrons. The average molecular weight is 278 g/mol. The second kappa shape index (κ2) is 4.69. The molecule has 0 saturated heterocycles. The maximum Gasteiger partial charge on any atom is 0.323 e. The van der Waals surface area contributed by atoms with Crippen molar-refractivity contribution < 1.29 is 19.4 Å². The molecule has 4 N–H and O–H groups in total. The van der Waals surface area contributed by atoms with Crippen LogP contribution in [-0.4, -0.2) is 22.2 Å². The lowest BCUT2D eigenvalue weighted by Gasteiger charge is -2.15. The molecule has 6 heteroatoms. The zero-order valence-electron chi connectivity index (χ0n) is 7.52. The molecule has 0 aliphatic carbocycles. The number of aliphatic carboxylic acids is 1. The fourth-order valence-electron chi connectivity index (χ4n) is 1.04. The molecule has 82 valence electrons. The van der Waals surface area contributed by atoms with E-state index in [4.69, 9.17) is 10.8 Å². The molecule has 0 heterocycles. The number of nitrogens with two attached hydrogens (primary N) is 1. The monoisotopic (exact) mass is 277 g/mol. The molecule has 2 unspecified atom stereocenters. The standard InChI is InChI=1S/C9H9BrFNO3/c10-5-3-4(1-2-6(5)11)8(13)7(12)9(14)15/h1-3,7-8,13H,12H2,(H,14,15). The van der Waals surface area contributed by atoms with Crippen molar-refractivity contribution in [2.75, 3.05) is 0 Å². The van der Waals surface area contributed by atoms with E-state index in [9.17, 15) is 14.3 Å². The molecule has 0 saturated carbocycles. The van der Waals surface area contributed by atoms with Crippen LogP contribution in [0.2, 0.25) is 0 Å². The quantitative estimate of drug-likeness (QED) is 0.771. The van der Waals surface area contributed by atoms with Crippen LogP contribution >= 0.6 is 15.9 Å². The van der Waals surface area contributed by atoms with Crippen molar-refractivity contribution in [1.29, 1.82) is 0 Å². The summed E-state index contributed by atoms with van der Waals surface area (Å²) in [4.78, 5) is 10.5. The van der Waals surface area contributed by atoms with Crippen LogP contribution in [0.4, 0.5) is 4.39 Å². The van der Waals surface area contributed by atoms with Gasteiger partial charge in [-0.1, -0.05) is 6.07 Å². The zero-order valence-corrected chi connectivity index (χ0v) is 9.11. The van der Waals surface area contributed by atoms with Crippen LogP contribution in [0.1, 0.15) is 11.7 Å². The van der Waals surface area contributed by atoms with Gasteiger partial charge in [0.05, 0.1) is 4.47 Å². The van der Waals surface area contributed by atoms with Crippen LogP contribution in [0.5, 0.6) is 0 Å². The third-order valence-electron chi connectivity index (χ3n) is 1.91. The number of carboxylic acid groups (broad SMARTS) is 1. The number of halogens is 2. The Morgan fingerprint density at radius 2 is 2.13 bits per heavy atom. The summed E-state index contributed by atoms with van der Waals surface area (Å²) in [6.45, 7) is 0. The van der Waals surface area contributed by atoms with Gasteiger partial charge in [-0.05, 0) is 33.6 Å². The first-order valence-electron chi connectivity index (χ1n) is 4.05. The van der Waals surface area contributed by atoms with E-state index in [1.165, 1.54) is 12.1 Å². The minimum atomic E-state index is -1.43. The van der Waals surface area contributed by atoms with Gasteiger partial charge < -0.3 is 15.9 Å². The molecule has 0 aliphatic rings.